The highest BCUT2D eigenvalue weighted by Gasteiger charge is 2.35. The molecule has 0 radical (unpaired) electrons. The quantitative estimate of drug-likeness (QED) is 0.922. The van der Waals surface area contributed by atoms with Gasteiger partial charge in [-0.25, -0.2) is 4.79 Å². The molecule has 2 fully saturated rings. The number of nitrogens with zero attached hydrogens (tertiary/aromatic N) is 2. The van der Waals surface area contributed by atoms with Gasteiger partial charge in [0.1, 0.15) is 5.75 Å². The number of hydrogen-bond donors (Lipinski definition) is 1. The molecule has 1 N–H and O–H groups in total. The first kappa shape index (κ1) is 16.0. The minimum absolute atomic E-state index is 0.0115. The lowest BCUT2D eigenvalue weighted by molar-refractivity contribution is -0.0509. The molecule has 1 atom stereocenters. The first-order valence-electron chi connectivity index (χ1n) is 7.76. The van der Waals surface area contributed by atoms with Crippen molar-refractivity contribution < 1.29 is 18.3 Å². The fraction of sp³-hybridized carbons (Fsp3) is 0.562. The Morgan fingerprint density at radius 1 is 1.30 bits per heavy atom. The van der Waals surface area contributed by atoms with Gasteiger partial charge in [-0.05, 0) is 31.0 Å². The van der Waals surface area contributed by atoms with E-state index in [2.05, 4.69) is 15.0 Å². The summed E-state index contributed by atoms with van der Waals surface area (Å²) in [5.74, 6) is 0.242. The van der Waals surface area contributed by atoms with Gasteiger partial charge in [-0.3, -0.25) is 4.90 Å². The molecule has 2 aliphatic rings. The highest BCUT2D eigenvalue weighted by molar-refractivity contribution is 5.77. The van der Waals surface area contributed by atoms with Gasteiger partial charge in [-0.1, -0.05) is 6.07 Å². The number of carbonyl (C=O) groups is 1. The number of urea groups is 1. The molecule has 1 aromatic carbocycles. The van der Waals surface area contributed by atoms with Gasteiger partial charge in [-0.2, -0.15) is 8.78 Å². The molecule has 1 aromatic rings. The number of amides is 2. The van der Waals surface area contributed by atoms with Crippen LogP contribution < -0.4 is 10.1 Å². The Labute approximate surface area is 134 Å². The number of nitrogens with one attached hydrogen (secondary N) is 1. The van der Waals surface area contributed by atoms with E-state index in [9.17, 15) is 13.6 Å². The van der Waals surface area contributed by atoms with Crippen LogP contribution in [0.25, 0.3) is 0 Å². The summed E-state index contributed by atoms with van der Waals surface area (Å²) in [4.78, 5) is 15.6. The lowest BCUT2D eigenvalue weighted by Crippen LogP contribution is -2.51. The maximum atomic E-state index is 12.6. The van der Waals surface area contributed by atoms with Gasteiger partial charge >= 0.3 is 12.6 Å². The number of halogens is 2. The van der Waals surface area contributed by atoms with Crippen LogP contribution in [0.1, 0.15) is 16.7 Å². The SMILES string of the molecule is Cc1cc(CN2CCN3C(=O)NCC3C2)c(OC(F)F)cc1C. The number of aryl methyl sites for hydroxylation is 2. The second-order valence-electron chi connectivity index (χ2n) is 6.19. The average molecular weight is 325 g/mol. The molecule has 2 aliphatic heterocycles. The van der Waals surface area contributed by atoms with Crippen molar-refractivity contribution >= 4 is 6.03 Å². The molecule has 7 heteroatoms. The number of benzene rings is 1. The Balaban J connectivity index is 1.74. The molecule has 3 rings (SSSR count). The average Bonchev–Trinajstić information content (AvgIpc) is 2.85. The standard InChI is InChI=1S/C16H21F2N3O2/c1-10-5-12(14(6-11(10)2)23-15(17)18)8-20-3-4-21-13(9-20)7-19-16(21)22/h5-6,13,15H,3-4,7-9H2,1-2H3,(H,19,22). The third-order valence-corrected chi connectivity index (χ3v) is 4.60. The summed E-state index contributed by atoms with van der Waals surface area (Å²) >= 11 is 0. The number of alkyl halides is 2. The summed E-state index contributed by atoms with van der Waals surface area (Å²) in [5.41, 5.74) is 2.75. The number of fused-ring (bicyclic) bond motifs is 1. The van der Waals surface area contributed by atoms with Gasteiger partial charge in [0.2, 0.25) is 0 Å². The van der Waals surface area contributed by atoms with Gasteiger partial charge in [0.25, 0.3) is 0 Å². The maximum absolute atomic E-state index is 12.6. The number of ether oxygens (including phenoxy) is 1. The molecule has 2 heterocycles. The third-order valence-electron chi connectivity index (χ3n) is 4.60. The molecular formula is C16H21F2N3O2. The van der Waals surface area contributed by atoms with Crippen molar-refractivity contribution in [1.29, 1.82) is 0 Å². The lowest BCUT2D eigenvalue weighted by atomic mass is 10.0. The molecule has 2 saturated heterocycles. The van der Waals surface area contributed by atoms with E-state index in [-0.39, 0.29) is 17.8 Å². The Hall–Kier alpha value is -1.89. The molecule has 23 heavy (non-hydrogen) atoms. The summed E-state index contributed by atoms with van der Waals surface area (Å²) in [7, 11) is 0. The fourth-order valence-electron chi connectivity index (χ4n) is 3.23. The van der Waals surface area contributed by atoms with Crippen LogP contribution in [0.5, 0.6) is 5.75 Å². The van der Waals surface area contributed by atoms with Gasteiger partial charge in [0, 0.05) is 38.3 Å². The first-order valence-corrected chi connectivity index (χ1v) is 7.76. The molecule has 126 valence electrons. The zero-order valence-electron chi connectivity index (χ0n) is 13.3. The molecule has 0 spiro atoms. The van der Waals surface area contributed by atoms with E-state index in [4.69, 9.17) is 0 Å². The molecule has 2 amide bonds. The smallest absolute Gasteiger partial charge is 0.387 e. The monoisotopic (exact) mass is 325 g/mol. The molecule has 0 aliphatic carbocycles. The zero-order valence-corrected chi connectivity index (χ0v) is 13.3. The number of carbonyl (C=O) groups excluding carboxylic acids is 1. The predicted octanol–water partition coefficient (Wildman–Crippen LogP) is 2.11. The van der Waals surface area contributed by atoms with E-state index in [1.807, 2.05) is 24.8 Å². The molecule has 0 bridgehead atoms. The second kappa shape index (κ2) is 6.31. The van der Waals surface area contributed by atoms with Gasteiger partial charge in [-0.15, -0.1) is 0 Å². The van der Waals surface area contributed by atoms with Crippen LogP contribution in [0.3, 0.4) is 0 Å². The lowest BCUT2D eigenvalue weighted by Gasteiger charge is -2.36. The summed E-state index contributed by atoms with van der Waals surface area (Å²) < 4.78 is 30.0. The summed E-state index contributed by atoms with van der Waals surface area (Å²) in [5, 5.41) is 2.84. The largest absolute Gasteiger partial charge is 0.434 e. The zero-order chi connectivity index (χ0) is 16.6. The molecular weight excluding hydrogens is 304 g/mol. The number of piperazine rings is 1. The Kier molecular flexibility index (Phi) is 4.39. The van der Waals surface area contributed by atoms with Crippen LogP contribution >= 0.6 is 0 Å². The van der Waals surface area contributed by atoms with E-state index >= 15 is 0 Å². The molecule has 0 saturated carbocycles. The third kappa shape index (κ3) is 3.39. The van der Waals surface area contributed by atoms with E-state index in [1.54, 1.807) is 6.07 Å². The summed E-state index contributed by atoms with van der Waals surface area (Å²) in [6.45, 7) is 4.32. The van der Waals surface area contributed by atoms with Gasteiger partial charge in [0.05, 0.1) is 6.04 Å². The van der Waals surface area contributed by atoms with Crippen LogP contribution in [-0.2, 0) is 6.54 Å². The van der Waals surface area contributed by atoms with Crippen molar-refractivity contribution in [2.24, 2.45) is 0 Å². The van der Waals surface area contributed by atoms with Gasteiger partial charge < -0.3 is 15.0 Å². The van der Waals surface area contributed by atoms with Crippen molar-refractivity contribution in [1.82, 2.24) is 15.1 Å². The fourth-order valence-corrected chi connectivity index (χ4v) is 3.23. The minimum Gasteiger partial charge on any atom is -0.434 e. The second-order valence-corrected chi connectivity index (χ2v) is 6.19. The van der Waals surface area contributed by atoms with Crippen LogP contribution in [-0.4, -0.2) is 54.7 Å². The van der Waals surface area contributed by atoms with Crippen molar-refractivity contribution in [3.63, 3.8) is 0 Å². The Morgan fingerprint density at radius 2 is 2.04 bits per heavy atom. The van der Waals surface area contributed by atoms with Crippen molar-refractivity contribution in [3.05, 3.63) is 28.8 Å². The highest BCUT2D eigenvalue weighted by atomic mass is 19.3. The summed E-state index contributed by atoms with van der Waals surface area (Å²) in [6, 6.07) is 3.73. The van der Waals surface area contributed by atoms with Crippen LogP contribution in [0.4, 0.5) is 13.6 Å². The van der Waals surface area contributed by atoms with Crippen LogP contribution in [0.15, 0.2) is 12.1 Å². The van der Waals surface area contributed by atoms with E-state index in [0.29, 0.717) is 19.6 Å². The van der Waals surface area contributed by atoms with Crippen molar-refractivity contribution in [3.8, 4) is 5.75 Å². The predicted molar refractivity (Wildman–Crippen MR) is 81.7 cm³/mol. The van der Waals surface area contributed by atoms with Crippen molar-refractivity contribution in [2.75, 3.05) is 26.2 Å². The normalized spacial score (nSPS) is 21.5. The van der Waals surface area contributed by atoms with Gasteiger partial charge in [0.15, 0.2) is 0 Å². The first-order chi connectivity index (χ1) is 10.9. The number of hydrogen-bond acceptors (Lipinski definition) is 3. The molecule has 5 nitrogen and oxygen atoms in total. The van der Waals surface area contributed by atoms with Crippen LogP contribution in [0, 0.1) is 13.8 Å². The van der Waals surface area contributed by atoms with Crippen molar-refractivity contribution in [2.45, 2.75) is 33.0 Å². The highest BCUT2D eigenvalue weighted by Crippen LogP contribution is 2.27. The van der Waals surface area contributed by atoms with E-state index in [0.717, 1.165) is 29.8 Å². The molecule has 1 unspecified atom stereocenters. The summed E-state index contributed by atoms with van der Waals surface area (Å²) in [6.07, 6.45) is 0. The van der Waals surface area contributed by atoms with Crippen LogP contribution in [0.2, 0.25) is 0 Å². The maximum Gasteiger partial charge on any atom is 0.387 e. The number of rotatable bonds is 4. The van der Waals surface area contributed by atoms with E-state index < -0.39 is 6.61 Å². The Bertz CT molecular complexity index is 609. The minimum atomic E-state index is -2.83. The Morgan fingerprint density at radius 3 is 2.78 bits per heavy atom. The molecule has 0 aromatic heterocycles. The van der Waals surface area contributed by atoms with E-state index in [1.165, 1.54) is 0 Å². The topological polar surface area (TPSA) is 44.8 Å².